The van der Waals surface area contributed by atoms with E-state index in [0.717, 1.165) is 6.07 Å². The first-order valence-corrected chi connectivity index (χ1v) is 6.30. The van der Waals surface area contributed by atoms with Gasteiger partial charge >= 0.3 is 12.3 Å². The number of ether oxygens (including phenoxy) is 1. The lowest BCUT2D eigenvalue weighted by Gasteiger charge is -2.23. The lowest BCUT2D eigenvalue weighted by atomic mass is 10.0. The summed E-state index contributed by atoms with van der Waals surface area (Å²) in [5.41, 5.74) is -1.90. The molecule has 0 heterocycles. The molecule has 1 aromatic rings. The Kier molecular flexibility index (Phi) is 4.76. The average molecular weight is 305 g/mol. The van der Waals surface area contributed by atoms with Crippen LogP contribution in [0.4, 0.5) is 18.0 Å². The van der Waals surface area contributed by atoms with Crippen LogP contribution < -0.4 is 5.32 Å². The predicted molar refractivity (Wildman–Crippen MR) is 70.9 cm³/mol. The first-order chi connectivity index (χ1) is 9.42. The zero-order valence-corrected chi connectivity index (χ0v) is 12.2. The van der Waals surface area contributed by atoms with Gasteiger partial charge in [0, 0.05) is 5.56 Å². The predicted octanol–water partition coefficient (Wildman–Crippen LogP) is 4.00. The van der Waals surface area contributed by atoms with Crippen LogP contribution in [0.1, 0.15) is 44.9 Å². The summed E-state index contributed by atoms with van der Waals surface area (Å²) in [7, 11) is 0. The Morgan fingerprint density at radius 3 is 2.33 bits per heavy atom. The van der Waals surface area contributed by atoms with Gasteiger partial charge < -0.3 is 15.2 Å². The summed E-state index contributed by atoms with van der Waals surface area (Å²) < 4.78 is 43.1. The Balaban J connectivity index is 2.94. The fourth-order valence-corrected chi connectivity index (χ4v) is 1.70. The minimum Gasteiger partial charge on any atom is -0.507 e. The highest BCUT2D eigenvalue weighted by molar-refractivity contribution is 5.68. The second-order valence-electron chi connectivity index (χ2n) is 5.61. The van der Waals surface area contributed by atoms with Gasteiger partial charge in [-0.2, -0.15) is 13.2 Å². The summed E-state index contributed by atoms with van der Waals surface area (Å²) in [4.78, 5) is 11.6. The highest BCUT2D eigenvalue weighted by Crippen LogP contribution is 2.39. The van der Waals surface area contributed by atoms with Crippen molar-refractivity contribution in [2.75, 3.05) is 0 Å². The number of alkyl carbamates (subject to hydrolysis) is 1. The van der Waals surface area contributed by atoms with Crippen LogP contribution in [0.15, 0.2) is 18.2 Å². The Morgan fingerprint density at radius 2 is 1.86 bits per heavy atom. The molecule has 0 fully saturated rings. The maximum Gasteiger partial charge on any atom is 0.419 e. The van der Waals surface area contributed by atoms with Crippen molar-refractivity contribution >= 4 is 6.09 Å². The van der Waals surface area contributed by atoms with Crippen molar-refractivity contribution in [1.82, 2.24) is 5.32 Å². The molecule has 21 heavy (non-hydrogen) atoms. The van der Waals surface area contributed by atoms with Crippen molar-refractivity contribution in [2.45, 2.75) is 45.5 Å². The number of rotatable bonds is 2. The number of aromatic hydroxyl groups is 1. The zero-order chi connectivity index (χ0) is 16.4. The molecule has 0 aliphatic carbocycles. The van der Waals surface area contributed by atoms with Crippen LogP contribution in [-0.4, -0.2) is 16.8 Å². The third-order valence-corrected chi connectivity index (χ3v) is 2.57. The van der Waals surface area contributed by atoms with E-state index < -0.39 is 35.2 Å². The molecule has 7 heteroatoms. The van der Waals surface area contributed by atoms with Crippen LogP contribution in [0.3, 0.4) is 0 Å². The maximum absolute atomic E-state index is 12.7. The summed E-state index contributed by atoms with van der Waals surface area (Å²) in [6, 6.07) is 2.43. The lowest BCUT2D eigenvalue weighted by molar-refractivity contribution is -0.138. The number of carbonyl (C=O) groups excluding carboxylic acids is 1. The van der Waals surface area contributed by atoms with Crippen LogP contribution in [0, 0.1) is 0 Å². The topological polar surface area (TPSA) is 58.6 Å². The van der Waals surface area contributed by atoms with E-state index in [1.807, 2.05) is 0 Å². The quantitative estimate of drug-likeness (QED) is 0.868. The van der Waals surface area contributed by atoms with Gasteiger partial charge in [-0.05, 0) is 33.8 Å². The smallest absolute Gasteiger partial charge is 0.419 e. The average Bonchev–Trinajstić information content (AvgIpc) is 2.24. The van der Waals surface area contributed by atoms with E-state index in [0.29, 0.717) is 0 Å². The zero-order valence-electron chi connectivity index (χ0n) is 12.2. The molecule has 2 N–H and O–H groups in total. The minimum atomic E-state index is -4.66. The van der Waals surface area contributed by atoms with Crippen LogP contribution in [0.5, 0.6) is 5.75 Å². The number of benzene rings is 1. The highest BCUT2D eigenvalue weighted by atomic mass is 19.4. The van der Waals surface area contributed by atoms with Gasteiger partial charge in [-0.25, -0.2) is 4.79 Å². The number of nitrogens with one attached hydrogen (secondary N) is 1. The SMILES string of the molecule is C[C@H](NC(=O)OC(C)(C)C)c1cccc(C(F)(F)F)c1O. The number of hydrogen-bond donors (Lipinski definition) is 2. The molecular weight excluding hydrogens is 287 g/mol. The Hall–Kier alpha value is -1.92. The van der Waals surface area contributed by atoms with Crippen molar-refractivity contribution in [3.05, 3.63) is 29.3 Å². The van der Waals surface area contributed by atoms with Crippen molar-refractivity contribution in [2.24, 2.45) is 0 Å². The standard InChI is InChI=1S/C14H18F3NO3/c1-8(18-12(20)21-13(2,3)4)9-6-5-7-10(11(9)19)14(15,16)17/h5-8,19H,1-4H3,(H,18,20)/t8-/m0/s1. The molecule has 1 atom stereocenters. The Bertz CT molecular complexity index is 521. The normalized spacial score (nSPS) is 13.7. The number of alkyl halides is 3. The molecular formula is C14H18F3NO3. The first kappa shape index (κ1) is 17.1. The number of hydrogen-bond acceptors (Lipinski definition) is 3. The summed E-state index contributed by atoms with van der Waals surface area (Å²) in [6.07, 6.45) is -5.43. The van der Waals surface area contributed by atoms with E-state index >= 15 is 0 Å². The van der Waals surface area contributed by atoms with Crippen molar-refractivity contribution in [1.29, 1.82) is 0 Å². The molecule has 1 amide bonds. The van der Waals surface area contributed by atoms with E-state index in [9.17, 15) is 23.1 Å². The Labute approximate surface area is 120 Å². The molecule has 0 spiro atoms. The molecule has 1 rings (SSSR count). The van der Waals surface area contributed by atoms with Crippen LogP contribution in [0.25, 0.3) is 0 Å². The lowest BCUT2D eigenvalue weighted by Crippen LogP contribution is -2.34. The van der Waals surface area contributed by atoms with Gasteiger partial charge in [0.2, 0.25) is 0 Å². The van der Waals surface area contributed by atoms with E-state index in [1.165, 1.54) is 19.1 Å². The molecule has 0 saturated heterocycles. The molecule has 118 valence electrons. The second kappa shape index (κ2) is 5.83. The van der Waals surface area contributed by atoms with Crippen LogP contribution in [-0.2, 0) is 10.9 Å². The third kappa shape index (κ3) is 4.84. The van der Waals surface area contributed by atoms with Crippen molar-refractivity contribution in [3.63, 3.8) is 0 Å². The fraction of sp³-hybridized carbons (Fsp3) is 0.500. The molecule has 0 bridgehead atoms. The first-order valence-electron chi connectivity index (χ1n) is 6.30. The number of halogens is 3. The molecule has 0 radical (unpaired) electrons. The van der Waals surface area contributed by atoms with Crippen molar-refractivity contribution in [3.8, 4) is 5.75 Å². The molecule has 0 unspecified atom stereocenters. The van der Waals surface area contributed by atoms with Gasteiger partial charge in [0.1, 0.15) is 11.4 Å². The molecule has 4 nitrogen and oxygen atoms in total. The monoisotopic (exact) mass is 305 g/mol. The summed E-state index contributed by atoms with van der Waals surface area (Å²) in [6.45, 7) is 6.45. The van der Waals surface area contributed by atoms with Gasteiger partial charge in [-0.15, -0.1) is 0 Å². The molecule has 1 aromatic carbocycles. The number of phenolic OH excluding ortho intramolecular Hbond substituents is 1. The third-order valence-electron chi connectivity index (χ3n) is 2.57. The molecule has 0 saturated carbocycles. The summed E-state index contributed by atoms with van der Waals surface area (Å²) in [5, 5.41) is 12.1. The number of para-hydroxylation sites is 1. The molecule has 0 aromatic heterocycles. The van der Waals surface area contributed by atoms with Gasteiger partial charge in [0.15, 0.2) is 0 Å². The minimum absolute atomic E-state index is 0.0318. The molecule has 0 aliphatic heterocycles. The van der Waals surface area contributed by atoms with E-state index in [4.69, 9.17) is 4.74 Å². The van der Waals surface area contributed by atoms with Gasteiger partial charge in [0.25, 0.3) is 0 Å². The Morgan fingerprint density at radius 1 is 1.29 bits per heavy atom. The number of phenols is 1. The van der Waals surface area contributed by atoms with Crippen molar-refractivity contribution < 1.29 is 27.8 Å². The molecule has 0 aliphatic rings. The van der Waals surface area contributed by atoms with Crippen LogP contribution >= 0.6 is 0 Å². The fourth-order valence-electron chi connectivity index (χ4n) is 1.70. The van der Waals surface area contributed by atoms with E-state index in [1.54, 1.807) is 20.8 Å². The second-order valence-corrected chi connectivity index (χ2v) is 5.61. The largest absolute Gasteiger partial charge is 0.507 e. The number of carbonyl (C=O) groups is 1. The summed E-state index contributed by atoms with van der Waals surface area (Å²) >= 11 is 0. The van der Waals surface area contributed by atoms with Crippen LogP contribution in [0.2, 0.25) is 0 Å². The van der Waals surface area contributed by atoms with Gasteiger partial charge in [-0.1, -0.05) is 12.1 Å². The van der Waals surface area contributed by atoms with E-state index in [-0.39, 0.29) is 5.56 Å². The highest BCUT2D eigenvalue weighted by Gasteiger charge is 2.35. The maximum atomic E-state index is 12.7. The van der Waals surface area contributed by atoms with E-state index in [2.05, 4.69) is 5.32 Å². The van der Waals surface area contributed by atoms with Gasteiger partial charge in [-0.3, -0.25) is 0 Å². The summed E-state index contributed by atoms with van der Waals surface area (Å²) in [5.74, 6) is -0.895. The van der Waals surface area contributed by atoms with Gasteiger partial charge in [0.05, 0.1) is 11.6 Å². The number of amides is 1.